The molecule has 2 N–H and O–H groups in total. The summed E-state index contributed by atoms with van der Waals surface area (Å²) in [6.45, 7) is 9.54. The summed E-state index contributed by atoms with van der Waals surface area (Å²) in [4.78, 5) is 17.9. The largest absolute Gasteiger partial charge is 0.378 e. The molecule has 0 aromatic carbocycles. The first kappa shape index (κ1) is 19.8. The summed E-state index contributed by atoms with van der Waals surface area (Å²) >= 11 is 0. The monoisotopic (exact) mass is 350 g/mol. The lowest BCUT2D eigenvalue weighted by Crippen LogP contribution is -2.65. The summed E-state index contributed by atoms with van der Waals surface area (Å²) in [5.74, 6) is 0.692. The highest BCUT2D eigenvalue weighted by atomic mass is 16.5. The fourth-order valence-electron chi connectivity index (χ4n) is 3.93. The van der Waals surface area contributed by atoms with E-state index in [1.54, 1.807) is 19.0 Å². The number of amides is 1. The molecule has 6 nitrogen and oxygen atoms in total. The molecule has 25 heavy (non-hydrogen) atoms. The molecule has 6 heteroatoms. The summed E-state index contributed by atoms with van der Waals surface area (Å²) in [7, 11) is 3.50. The van der Waals surface area contributed by atoms with Crippen LogP contribution in [0.4, 0.5) is 0 Å². The van der Waals surface area contributed by atoms with Crippen LogP contribution in [0, 0.1) is 5.41 Å². The molecule has 0 saturated heterocycles. The van der Waals surface area contributed by atoms with Gasteiger partial charge >= 0.3 is 0 Å². The van der Waals surface area contributed by atoms with Crippen molar-refractivity contribution >= 4 is 11.9 Å². The van der Waals surface area contributed by atoms with Gasteiger partial charge in [0.15, 0.2) is 5.96 Å². The summed E-state index contributed by atoms with van der Waals surface area (Å²) in [5.41, 5.74) is 1.26. The Hall–Kier alpha value is -1.56. The van der Waals surface area contributed by atoms with Gasteiger partial charge in [0.05, 0.1) is 6.10 Å². The van der Waals surface area contributed by atoms with E-state index in [0.717, 1.165) is 18.6 Å². The molecule has 0 aliphatic heterocycles. The van der Waals surface area contributed by atoms with Crippen LogP contribution in [0.5, 0.6) is 0 Å². The number of carbonyl (C=O) groups is 1. The molecule has 2 saturated carbocycles. The van der Waals surface area contributed by atoms with Gasteiger partial charge in [-0.2, -0.15) is 0 Å². The van der Waals surface area contributed by atoms with Crippen molar-refractivity contribution in [2.24, 2.45) is 10.4 Å². The zero-order valence-corrected chi connectivity index (χ0v) is 16.2. The van der Waals surface area contributed by atoms with Gasteiger partial charge in [0, 0.05) is 38.7 Å². The first-order valence-corrected chi connectivity index (χ1v) is 9.40. The number of ether oxygens (including phenoxy) is 1. The van der Waals surface area contributed by atoms with Gasteiger partial charge in [0.1, 0.15) is 6.54 Å². The minimum atomic E-state index is -0.00666. The summed E-state index contributed by atoms with van der Waals surface area (Å²) in [6.07, 6.45) is 6.31. The minimum absolute atomic E-state index is 0.00666. The van der Waals surface area contributed by atoms with E-state index in [-0.39, 0.29) is 17.9 Å². The van der Waals surface area contributed by atoms with Gasteiger partial charge in [-0.25, -0.2) is 4.99 Å². The Morgan fingerprint density at radius 3 is 2.60 bits per heavy atom. The van der Waals surface area contributed by atoms with Gasteiger partial charge in [-0.3, -0.25) is 4.79 Å². The highest BCUT2D eigenvalue weighted by molar-refractivity contribution is 5.85. The van der Waals surface area contributed by atoms with Crippen LogP contribution in [-0.2, 0) is 9.53 Å². The molecule has 1 amide bonds. The molecule has 2 fully saturated rings. The number of likely N-dealkylation sites (N-methyl/N-ethyl adjacent to an activating group) is 1. The van der Waals surface area contributed by atoms with Crippen molar-refractivity contribution in [1.29, 1.82) is 0 Å². The van der Waals surface area contributed by atoms with Crippen molar-refractivity contribution in [2.45, 2.75) is 58.1 Å². The van der Waals surface area contributed by atoms with E-state index < -0.39 is 0 Å². The van der Waals surface area contributed by atoms with Gasteiger partial charge in [-0.1, -0.05) is 25.0 Å². The van der Waals surface area contributed by atoms with Gasteiger partial charge < -0.3 is 20.3 Å². The van der Waals surface area contributed by atoms with Gasteiger partial charge in [-0.15, -0.1) is 0 Å². The fraction of sp³-hybridized carbons (Fsp3) is 0.789. The predicted molar refractivity (Wildman–Crippen MR) is 102 cm³/mol. The molecule has 2 aliphatic rings. The fourth-order valence-corrected chi connectivity index (χ4v) is 3.93. The molecule has 0 radical (unpaired) electrons. The Kier molecular flexibility index (Phi) is 6.87. The zero-order valence-electron chi connectivity index (χ0n) is 16.2. The highest BCUT2D eigenvalue weighted by Gasteiger charge is 2.56. The average Bonchev–Trinajstić information content (AvgIpc) is 3.08. The van der Waals surface area contributed by atoms with Gasteiger partial charge in [0.25, 0.3) is 0 Å². The number of rotatable bonds is 7. The third-order valence-corrected chi connectivity index (χ3v) is 5.43. The van der Waals surface area contributed by atoms with E-state index in [1.165, 1.54) is 25.7 Å². The second kappa shape index (κ2) is 8.70. The van der Waals surface area contributed by atoms with Crippen molar-refractivity contribution < 1.29 is 9.53 Å². The Morgan fingerprint density at radius 2 is 2.04 bits per heavy atom. The van der Waals surface area contributed by atoms with Crippen LogP contribution < -0.4 is 10.6 Å². The van der Waals surface area contributed by atoms with Crippen LogP contribution in [0.2, 0.25) is 0 Å². The second-order valence-corrected chi connectivity index (χ2v) is 7.58. The number of hydrogen-bond donors (Lipinski definition) is 2. The lowest BCUT2D eigenvalue weighted by molar-refractivity contribution is -0.127. The van der Waals surface area contributed by atoms with Crippen molar-refractivity contribution in [3.63, 3.8) is 0 Å². The summed E-state index contributed by atoms with van der Waals surface area (Å²) in [6, 6.07) is 0.359. The number of hydrogen-bond acceptors (Lipinski definition) is 3. The van der Waals surface area contributed by atoms with Crippen LogP contribution in [0.15, 0.2) is 17.1 Å². The maximum Gasteiger partial charge on any atom is 0.243 e. The molecular formula is C19H34N4O2. The lowest BCUT2D eigenvalue weighted by atomic mass is 9.60. The number of nitrogens with zero attached hydrogens (tertiary/aromatic N) is 2. The van der Waals surface area contributed by atoms with Gasteiger partial charge in [-0.05, 0) is 33.1 Å². The molecule has 2 atom stereocenters. The Labute approximate surface area is 152 Å². The lowest BCUT2D eigenvalue weighted by Gasteiger charge is -2.54. The molecule has 2 unspecified atom stereocenters. The van der Waals surface area contributed by atoms with Crippen LogP contribution in [-0.4, -0.2) is 62.7 Å². The molecular weight excluding hydrogens is 316 g/mol. The third-order valence-electron chi connectivity index (χ3n) is 5.43. The van der Waals surface area contributed by atoms with Crippen molar-refractivity contribution in [3.8, 4) is 0 Å². The number of carbonyl (C=O) groups excluding carboxylic acids is 1. The van der Waals surface area contributed by atoms with E-state index in [9.17, 15) is 4.79 Å². The predicted octanol–water partition coefficient (Wildman–Crippen LogP) is 1.92. The molecule has 0 bridgehead atoms. The molecule has 0 aromatic rings. The Balaban J connectivity index is 2.03. The summed E-state index contributed by atoms with van der Waals surface area (Å²) < 4.78 is 5.98. The number of nitrogens with one attached hydrogen (secondary N) is 2. The quantitative estimate of drug-likeness (QED) is 0.418. The maximum atomic E-state index is 11.9. The maximum absolute atomic E-state index is 11.9. The van der Waals surface area contributed by atoms with E-state index >= 15 is 0 Å². The normalized spacial score (nSPS) is 24.7. The SMILES string of the molecule is C=C(C)CNC(=NCC(=O)N(C)C)NC1CC(OCC)C12CCCC2. The van der Waals surface area contributed by atoms with Crippen LogP contribution >= 0.6 is 0 Å². The third kappa shape index (κ3) is 4.75. The standard InChI is InChI=1S/C19H34N4O2/c1-6-25-16-11-15(19(16)9-7-8-10-19)22-18(20-12-14(2)3)21-13-17(24)23(4)5/h15-16H,2,6-13H2,1,3-5H3,(H2,20,21,22). The van der Waals surface area contributed by atoms with Gasteiger partial charge in [0.2, 0.25) is 5.91 Å². The van der Waals surface area contributed by atoms with E-state index in [0.29, 0.717) is 24.7 Å². The van der Waals surface area contributed by atoms with Crippen LogP contribution in [0.3, 0.4) is 0 Å². The van der Waals surface area contributed by atoms with E-state index in [2.05, 4.69) is 29.1 Å². The molecule has 2 aliphatic carbocycles. The molecule has 0 heterocycles. The van der Waals surface area contributed by atoms with Crippen molar-refractivity contribution in [2.75, 3.05) is 33.8 Å². The number of aliphatic imine (C=N–C) groups is 1. The topological polar surface area (TPSA) is 66.0 Å². The second-order valence-electron chi connectivity index (χ2n) is 7.58. The van der Waals surface area contributed by atoms with Crippen LogP contribution in [0.1, 0.15) is 46.0 Å². The van der Waals surface area contributed by atoms with Crippen molar-refractivity contribution in [3.05, 3.63) is 12.2 Å². The first-order valence-electron chi connectivity index (χ1n) is 9.40. The smallest absolute Gasteiger partial charge is 0.243 e. The average molecular weight is 351 g/mol. The van der Waals surface area contributed by atoms with E-state index in [4.69, 9.17) is 4.74 Å². The number of guanidine groups is 1. The van der Waals surface area contributed by atoms with Crippen LogP contribution in [0.25, 0.3) is 0 Å². The first-order chi connectivity index (χ1) is 11.9. The van der Waals surface area contributed by atoms with E-state index in [1.807, 2.05) is 6.92 Å². The van der Waals surface area contributed by atoms with Crippen molar-refractivity contribution in [1.82, 2.24) is 15.5 Å². The summed E-state index contributed by atoms with van der Waals surface area (Å²) in [5, 5.41) is 6.86. The Bertz CT molecular complexity index is 510. The minimum Gasteiger partial charge on any atom is -0.378 e. The Morgan fingerprint density at radius 1 is 1.36 bits per heavy atom. The molecule has 1 spiro atoms. The molecule has 142 valence electrons. The zero-order chi connectivity index (χ0) is 18.4. The molecule has 2 rings (SSSR count). The highest BCUT2D eigenvalue weighted by Crippen LogP contribution is 2.54. The molecule has 0 aromatic heterocycles.